The van der Waals surface area contributed by atoms with Gasteiger partial charge in [-0.3, -0.25) is 19.8 Å². The summed E-state index contributed by atoms with van der Waals surface area (Å²) in [7, 11) is 0. The highest BCUT2D eigenvalue weighted by molar-refractivity contribution is 6.05. The summed E-state index contributed by atoms with van der Waals surface area (Å²) in [4.78, 5) is 41.5. The Morgan fingerprint density at radius 2 is 1.24 bits per heavy atom. The second kappa shape index (κ2) is 16.5. The van der Waals surface area contributed by atoms with Crippen LogP contribution in [0.2, 0.25) is 0 Å². The van der Waals surface area contributed by atoms with Gasteiger partial charge >= 0.3 is 5.97 Å². The summed E-state index contributed by atoms with van der Waals surface area (Å²) in [6, 6.07) is 38.8. The van der Waals surface area contributed by atoms with Crippen LogP contribution in [0.5, 0.6) is 0 Å². The number of carbonyl (C=O) groups excluding carboxylic acids is 2. The first kappa shape index (κ1) is 30.9. The summed E-state index contributed by atoms with van der Waals surface area (Å²) in [6.45, 7) is 2.02. The average Bonchev–Trinajstić information content (AvgIpc) is 3.03. The number of ketones is 1. The Bertz CT molecular complexity index is 1560. The van der Waals surface area contributed by atoms with Crippen molar-refractivity contribution in [2.24, 2.45) is 5.73 Å². The zero-order chi connectivity index (χ0) is 30.2. The van der Waals surface area contributed by atoms with Gasteiger partial charge in [0.25, 0.3) is 5.56 Å². The van der Waals surface area contributed by atoms with E-state index in [9.17, 15) is 14.4 Å². The lowest BCUT2D eigenvalue weighted by molar-refractivity contribution is -0.141. The molecule has 4 aromatic carbocycles. The van der Waals surface area contributed by atoms with Crippen molar-refractivity contribution >= 4 is 17.6 Å². The van der Waals surface area contributed by atoms with E-state index in [4.69, 9.17) is 11.1 Å². The number of Topliss-reactive ketones (excluding diaryl/α,β-unsaturated/α-hetero) is 1. The molecule has 0 saturated heterocycles. The predicted octanol–water partition coefficient (Wildman–Crippen LogP) is 5.90. The van der Waals surface area contributed by atoms with Crippen LogP contribution < -0.4 is 11.3 Å². The molecule has 42 heavy (non-hydrogen) atoms. The Kier molecular flexibility index (Phi) is 12.1. The molecule has 5 rings (SSSR count). The van der Waals surface area contributed by atoms with Gasteiger partial charge in [-0.05, 0) is 6.92 Å². The second-order valence-corrected chi connectivity index (χ2v) is 8.76. The van der Waals surface area contributed by atoms with Crippen molar-refractivity contribution in [1.82, 2.24) is 9.97 Å². The maximum Gasteiger partial charge on any atom is 0.313 e. The van der Waals surface area contributed by atoms with E-state index in [1.807, 2.05) is 97.1 Å². The largest absolute Gasteiger partial charge is 0.466 e. The maximum atomic E-state index is 11.8. The standard InChI is InChI=1S/C16H12N2O.C11H12O3.C7H8N2/c19-15-11-14(12-7-3-1-4-8-12)17-16(18-15)13-9-5-2-6-10-13;1-2-14-11(13)8-10(12)9-6-4-3-5-7-9;8-7(9)6-4-2-1-3-5-6/h1-11H,(H,17,18,19);3-7H,2,8H2,1H3;1-5H,(H3,8,9). The summed E-state index contributed by atoms with van der Waals surface area (Å²) >= 11 is 0. The van der Waals surface area contributed by atoms with E-state index >= 15 is 0 Å². The molecular formula is C34H32N4O4. The van der Waals surface area contributed by atoms with E-state index in [-0.39, 0.29) is 23.6 Å². The number of benzene rings is 4. The van der Waals surface area contributed by atoms with Gasteiger partial charge in [0.15, 0.2) is 5.78 Å². The van der Waals surface area contributed by atoms with Crippen LogP contribution in [-0.4, -0.2) is 34.2 Å². The van der Waals surface area contributed by atoms with E-state index in [2.05, 4.69) is 14.7 Å². The molecule has 0 spiro atoms. The van der Waals surface area contributed by atoms with Gasteiger partial charge in [-0.2, -0.15) is 0 Å². The van der Waals surface area contributed by atoms with Crippen LogP contribution in [0, 0.1) is 5.41 Å². The number of nitrogens with zero attached hydrogens (tertiary/aromatic N) is 1. The molecule has 5 aromatic rings. The first-order chi connectivity index (χ1) is 20.4. The quantitative estimate of drug-likeness (QED) is 0.0745. The minimum atomic E-state index is -0.471. The summed E-state index contributed by atoms with van der Waals surface area (Å²) in [5, 5.41) is 7.01. The number of aromatic amines is 1. The molecule has 1 heterocycles. The van der Waals surface area contributed by atoms with Crippen molar-refractivity contribution in [1.29, 1.82) is 5.41 Å². The van der Waals surface area contributed by atoms with Crippen LogP contribution in [0.4, 0.5) is 0 Å². The van der Waals surface area contributed by atoms with E-state index in [0.29, 0.717) is 23.7 Å². The number of nitrogen functional groups attached to an aromatic ring is 1. The number of nitrogens with two attached hydrogens (primary N) is 1. The SMILES string of the molecule is CCOC(=O)CC(=O)c1ccccc1.N=C(N)c1ccccc1.O=c1cc(-c2ccccc2)nc(-c2ccccc2)[nH]1. The van der Waals surface area contributed by atoms with E-state index in [1.54, 1.807) is 31.2 Å². The lowest BCUT2D eigenvalue weighted by Gasteiger charge is -2.04. The minimum Gasteiger partial charge on any atom is -0.466 e. The summed E-state index contributed by atoms with van der Waals surface area (Å²) in [6.07, 6.45) is -0.183. The normalized spacial score (nSPS) is 9.74. The fraction of sp³-hybridized carbons (Fsp3) is 0.0882. The highest BCUT2D eigenvalue weighted by atomic mass is 16.5. The van der Waals surface area contributed by atoms with E-state index < -0.39 is 5.97 Å². The smallest absolute Gasteiger partial charge is 0.313 e. The number of H-pyrrole nitrogens is 1. The Labute approximate surface area is 244 Å². The van der Waals surface area contributed by atoms with E-state index in [0.717, 1.165) is 16.7 Å². The van der Waals surface area contributed by atoms with Crippen molar-refractivity contribution in [2.45, 2.75) is 13.3 Å². The third-order valence-electron chi connectivity index (χ3n) is 5.65. The van der Waals surface area contributed by atoms with Crippen LogP contribution in [0.15, 0.2) is 132 Å². The van der Waals surface area contributed by atoms with Gasteiger partial charge in [-0.1, -0.05) is 121 Å². The highest BCUT2D eigenvalue weighted by Gasteiger charge is 2.11. The third kappa shape index (κ3) is 10.2. The Balaban J connectivity index is 0.000000185. The fourth-order valence-corrected chi connectivity index (χ4v) is 3.63. The Hall–Kier alpha value is -5.63. The molecular weight excluding hydrogens is 528 g/mol. The fourth-order valence-electron chi connectivity index (χ4n) is 3.63. The molecule has 0 saturated carbocycles. The molecule has 0 unspecified atom stereocenters. The zero-order valence-electron chi connectivity index (χ0n) is 23.2. The number of hydrogen-bond donors (Lipinski definition) is 3. The maximum absolute atomic E-state index is 11.8. The molecule has 0 fully saturated rings. The number of nitrogens with one attached hydrogen (secondary N) is 2. The van der Waals surface area contributed by atoms with Crippen LogP contribution >= 0.6 is 0 Å². The molecule has 0 atom stereocenters. The van der Waals surface area contributed by atoms with Crippen molar-refractivity contribution < 1.29 is 14.3 Å². The number of hydrogen-bond acceptors (Lipinski definition) is 6. The van der Waals surface area contributed by atoms with Gasteiger partial charge in [-0.25, -0.2) is 4.98 Å². The molecule has 0 aliphatic rings. The van der Waals surface area contributed by atoms with Crippen molar-refractivity contribution in [3.8, 4) is 22.6 Å². The highest BCUT2D eigenvalue weighted by Crippen LogP contribution is 2.18. The number of rotatable bonds is 7. The van der Waals surface area contributed by atoms with Crippen molar-refractivity contribution in [3.05, 3.63) is 149 Å². The number of esters is 1. The van der Waals surface area contributed by atoms with Crippen molar-refractivity contribution in [2.75, 3.05) is 6.61 Å². The Morgan fingerprint density at radius 3 is 1.71 bits per heavy atom. The van der Waals surface area contributed by atoms with Crippen LogP contribution in [0.25, 0.3) is 22.6 Å². The lowest BCUT2D eigenvalue weighted by atomic mass is 10.1. The van der Waals surface area contributed by atoms with Gasteiger partial charge < -0.3 is 15.5 Å². The molecule has 1 aromatic heterocycles. The van der Waals surface area contributed by atoms with Gasteiger partial charge in [0, 0.05) is 28.3 Å². The molecule has 0 radical (unpaired) electrons. The summed E-state index contributed by atoms with van der Waals surface area (Å²) in [5.41, 5.74) is 8.89. The molecule has 0 bridgehead atoms. The number of amidine groups is 1. The molecule has 0 amide bonds. The average molecular weight is 561 g/mol. The van der Waals surface area contributed by atoms with Crippen molar-refractivity contribution in [3.63, 3.8) is 0 Å². The topological polar surface area (TPSA) is 139 Å². The number of ether oxygens (including phenoxy) is 1. The molecule has 4 N–H and O–H groups in total. The molecule has 0 aliphatic heterocycles. The van der Waals surface area contributed by atoms with Gasteiger partial charge in [0.1, 0.15) is 18.1 Å². The first-order valence-corrected chi connectivity index (χ1v) is 13.2. The van der Waals surface area contributed by atoms with Crippen LogP contribution in [0.1, 0.15) is 29.3 Å². The lowest BCUT2D eigenvalue weighted by Crippen LogP contribution is -2.11. The second-order valence-electron chi connectivity index (χ2n) is 8.76. The molecule has 8 nitrogen and oxygen atoms in total. The summed E-state index contributed by atoms with van der Waals surface area (Å²) < 4.78 is 4.67. The van der Waals surface area contributed by atoms with Gasteiger partial charge in [0.2, 0.25) is 0 Å². The Morgan fingerprint density at radius 1 is 0.762 bits per heavy atom. The molecule has 212 valence electrons. The predicted molar refractivity (Wildman–Crippen MR) is 165 cm³/mol. The number of aromatic nitrogens is 2. The summed E-state index contributed by atoms with van der Waals surface area (Å²) in [5.74, 6) is 0.0351. The van der Waals surface area contributed by atoms with E-state index in [1.165, 1.54) is 6.07 Å². The first-order valence-electron chi connectivity index (χ1n) is 13.2. The molecule has 8 heteroatoms. The third-order valence-corrected chi connectivity index (χ3v) is 5.65. The van der Waals surface area contributed by atoms with Gasteiger partial charge in [-0.15, -0.1) is 0 Å². The number of carbonyl (C=O) groups is 2. The molecule has 0 aliphatic carbocycles. The zero-order valence-corrected chi connectivity index (χ0v) is 23.2. The minimum absolute atomic E-state index is 0.121. The van der Waals surface area contributed by atoms with Gasteiger partial charge in [0.05, 0.1) is 12.3 Å². The monoisotopic (exact) mass is 560 g/mol. The van der Waals surface area contributed by atoms with Crippen LogP contribution in [0.3, 0.4) is 0 Å². The van der Waals surface area contributed by atoms with Crippen LogP contribution in [-0.2, 0) is 9.53 Å².